The molecule has 0 radical (unpaired) electrons. The molecule has 0 atom stereocenters. The van der Waals surface area contributed by atoms with Gasteiger partial charge in [0.1, 0.15) is 0 Å². The lowest BCUT2D eigenvalue weighted by Crippen LogP contribution is -2.04. The van der Waals surface area contributed by atoms with E-state index < -0.39 is 5.97 Å². The predicted octanol–water partition coefficient (Wildman–Crippen LogP) is 3.15. The molecule has 0 aliphatic carbocycles. The SMILES string of the molecule is CCc1cc2cccc(Cl)c2c(C(=O)O)n1. The van der Waals surface area contributed by atoms with E-state index in [4.69, 9.17) is 16.7 Å². The summed E-state index contributed by atoms with van der Waals surface area (Å²) in [5, 5.41) is 10.9. The van der Waals surface area contributed by atoms with Gasteiger partial charge < -0.3 is 5.11 Å². The summed E-state index contributed by atoms with van der Waals surface area (Å²) in [6.07, 6.45) is 0.697. The molecule has 2 aromatic rings. The Balaban J connectivity index is 2.88. The summed E-state index contributed by atoms with van der Waals surface area (Å²) in [6, 6.07) is 7.18. The molecule has 0 saturated carbocycles. The number of fused-ring (bicyclic) bond motifs is 1. The van der Waals surface area contributed by atoms with E-state index in [1.165, 1.54) is 0 Å². The van der Waals surface area contributed by atoms with Crippen molar-refractivity contribution in [2.24, 2.45) is 0 Å². The van der Waals surface area contributed by atoms with E-state index in [0.29, 0.717) is 16.8 Å². The molecule has 4 heteroatoms. The summed E-state index contributed by atoms with van der Waals surface area (Å²) in [7, 11) is 0. The molecule has 82 valence electrons. The molecule has 3 nitrogen and oxygen atoms in total. The highest BCUT2D eigenvalue weighted by atomic mass is 35.5. The number of hydrogen-bond donors (Lipinski definition) is 1. The molecule has 0 amide bonds. The predicted molar refractivity (Wildman–Crippen MR) is 63.1 cm³/mol. The zero-order valence-corrected chi connectivity index (χ0v) is 9.45. The van der Waals surface area contributed by atoms with Crippen LogP contribution in [0.5, 0.6) is 0 Å². The van der Waals surface area contributed by atoms with Crippen LogP contribution in [0.3, 0.4) is 0 Å². The van der Waals surface area contributed by atoms with E-state index in [0.717, 1.165) is 11.1 Å². The number of aryl methyl sites for hydroxylation is 1. The Morgan fingerprint density at radius 3 is 2.88 bits per heavy atom. The summed E-state index contributed by atoms with van der Waals surface area (Å²) in [4.78, 5) is 15.2. The van der Waals surface area contributed by atoms with Crippen LogP contribution < -0.4 is 0 Å². The number of aromatic nitrogens is 1. The third kappa shape index (κ3) is 1.74. The number of hydrogen-bond acceptors (Lipinski definition) is 2. The normalized spacial score (nSPS) is 10.6. The molecular formula is C12H10ClNO2. The van der Waals surface area contributed by atoms with Crippen molar-refractivity contribution in [2.75, 3.05) is 0 Å². The Hall–Kier alpha value is -1.61. The molecular weight excluding hydrogens is 226 g/mol. The van der Waals surface area contributed by atoms with Crippen LogP contribution in [0.15, 0.2) is 24.3 Å². The van der Waals surface area contributed by atoms with Gasteiger partial charge in [0.15, 0.2) is 5.69 Å². The highest BCUT2D eigenvalue weighted by Crippen LogP contribution is 2.26. The van der Waals surface area contributed by atoms with Crippen LogP contribution in [0, 0.1) is 0 Å². The minimum atomic E-state index is -1.05. The van der Waals surface area contributed by atoms with Gasteiger partial charge in [-0.25, -0.2) is 9.78 Å². The van der Waals surface area contributed by atoms with E-state index in [9.17, 15) is 4.79 Å². The van der Waals surface area contributed by atoms with Gasteiger partial charge in [0.2, 0.25) is 0 Å². The third-order valence-corrected chi connectivity index (χ3v) is 2.74. The van der Waals surface area contributed by atoms with Gasteiger partial charge in [-0.3, -0.25) is 0 Å². The van der Waals surface area contributed by atoms with E-state index in [1.807, 2.05) is 19.1 Å². The average molecular weight is 236 g/mol. The highest BCUT2D eigenvalue weighted by molar-refractivity contribution is 6.36. The standard InChI is InChI=1S/C12H10ClNO2/c1-2-8-6-7-4-3-5-9(13)10(7)11(14-8)12(15)16/h3-6H,2H2,1H3,(H,15,16). The summed E-state index contributed by atoms with van der Waals surface area (Å²) in [5.74, 6) is -1.05. The first-order valence-corrected chi connectivity index (χ1v) is 5.32. The van der Waals surface area contributed by atoms with Gasteiger partial charge in [-0.2, -0.15) is 0 Å². The van der Waals surface area contributed by atoms with Crippen LogP contribution in [-0.4, -0.2) is 16.1 Å². The second-order valence-electron chi connectivity index (χ2n) is 3.46. The summed E-state index contributed by atoms with van der Waals surface area (Å²) < 4.78 is 0. The molecule has 1 aromatic carbocycles. The molecule has 0 bridgehead atoms. The van der Waals surface area contributed by atoms with Gasteiger partial charge in [-0.1, -0.05) is 30.7 Å². The van der Waals surface area contributed by atoms with Crippen LogP contribution in [0.25, 0.3) is 10.8 Å². The van der Waals surface area contributed by atoms with Crippen molar-refractivity contribution in [3.63, 3.8) is 0 Å². The number of carbonyl (C=O) groups is 1. The lowest BCUT2D eigenvalue weighted by atomic mass is 10.1. The monoisotopic (exact) mass is 235 g/mol. The number of pyridine rings is 1. The Morgan fingerprint density at radius 2 is 2.25 bits per heavy atom. The second-order valence-corrected chi connectivity index (χ2v) is 3.87. The van der Waals surface area contributed by atoms with Gasteiger partial charge in [-0.15, -0.1) is 0 Å². The van der Waals surface area contributed by atoms with E-state index >= 15 is 0 Å². The fourth-order valence-electron chi connectivity index (χ4n) is 1.66. The molecule has 16 heavy (non-hydrogen) atoms. The van der Waals surface area contributed by atoms with Crippen LogP contribution in [-0.2, 0) is 6.42 Å². The minimum Gasteiger partial charge on any atom is -0.476 e. The largest absolute Gasteiger partial charge is 0.476 e. The van der Waals surface area contributed by atoms with Crippen LogP contribution >= 0.6 is 11.6 Å². The third-order valence-electron chi connectivity index (χ3n) is 2.42. The Kier molecular flexibility index (Phi) is 2.79. The number of rotatable bonds is 2. The van der Waals surface area contributed by atoms with Crippen molar-refractivity contribution in [3.8, 4) is 0 Å². The van der Waals surface area contributed by atoms with Crippen LogP contribution in [0.2, 0.25) is 5.02 Å². The quantitative estimate of drug-likeness (QED) is 0.870. The zero-order chi connectivity index (χ0) is 11.7. The van der Waals surface area contributed by atoms with E-state index in [1.54, 1.807) is 12.1 Å². The van der Waals surface area contributed by atoms with Gasteiger partial charge in [0, 0.05) is 11.1 Å². The second kappa shape index (κ2) is 4.10. The minimum absolute atomic E-state index is 0.0277. The summed E-state index contributed by atoms with van der Waals surface area (Å²) in [6.45, 7) is 1.93. The van der Waals surface area contributed by atoms with Crippen molar-refractivity contribution < 1.29 is 9.90 Å². The molecule has 1 heterocycles. The molecule has 1 N–H and O–H groups in total. The number of carboxylic acid groups (broad SMARTS) is 1. The maximum atomic E-state index is 11.1. The Bertz CT molecular complexity index is 566. The first-order chi connectivity index (χ1) is 7.63. The van der Waals surface area contributed by atoms with E-state index in [-0.39, 0.29) is 5.69 Å². The Labute approximate surface area is 97.7 Å². The first-order valence-electron chi connectivity index (χ1n) is 4.95. The number of halogens is 1. The topological polar surface area (TPSA) is 50.2 Å². The average Bonchev–Trinajstić information content (AvgIpc) is 2.27. The summed E-state index contributed by atoms with van der Waals surface area (Å²) >= 11 is 6.00. The highest BCUT2D eigenvalue weighted by Gasteiger charge is 2.14. The summed E-state index contributed by atoms with van der Waals surface area (Å²) in [5.41, 5.74) is 0.784. The van der Waals surface area contributed by atoms with Crippen molar-refractivity contribution >= 4 is 28.3 Å². The number of carboxylic acids is 1. The van der Waals surface area contributed by atoms with Crippen LogP contribution in [0.4, 0.5) is 0 Å². The number of aromatic carboxylic acids is 1. The molecule has 0 fully saturated rings. The molecule has 0 aliphatic rings. The maximum absolute atomic E-state index is 11.1. The molecule has 0 aliphatic heterocycles. The lowest BCUT2D eigenvalue weighted by molar-refractivity contribution is 0.0692. The first kappa shape index (κ1) is 10.9. The van der Waals surface area contributed by atoms with Crippen molar-refractivity contribution in [1.29, 1.82) is 0 Å². The molecule has 0 spiro atoms. The molecule has 0 unspecified atom stereocenters. The maximum Gasteiger partial charge on any atom is 0.355 e. The van der Waals surface area contributed by atoms with Gasteiger partial charge in [-0.05, 0) is 23.9 Å². The van der Waals surface area contributed by atoms with Gasteiger partial charge >= 0.3 is 5.97 Å². The van der Waals surface area contributed by atoms with Crippen molar-refractivity contribution in [3.05, 3.63) is 40.7 Å². The van der Waals surface area contributed by atoms with Crippen LogP contribution in [0.1, 0.15) is 23.1 Å². The lowest BCUT2D eigenvalue weighted by Gasteiger charge is -2.06. The Morgan fingerprint density at radius 1 is 1.50 bits per heavy atom. The molecule has 2 rings (SSSR count). The zero-order valence-electron chi connectivity index (χ0n) is 8.70. The molecule has 0 saturated heterocycles. The smallest absolute Gasteiger partial charge is 0.355 e. The fraction of sp³-hybridized carbons (Fsp3) is 0.167. The fourth-order valence-corrected chi connectivity index (χ4v) is 1.93. The molecule has 1 aromatic heterocycles. The van der Waals surface area contributed by atoms with Gasteiger partial charge in [0.05, 0.1) is 5.02 Å². The van der Waals surface area contributed by atoms with Gasteiger partial charge in [0.25, 0.3) is 0 Å². The van der Waals surface area contributed by atoms with Crippen molar-refractivity contribution in [2.45, 2.75) is 13.3 Å². The van der Waals surface area contributed by atoms with E-state index in [2.05, 4.69) is 4.98 Å². The number of nitrogens with zero attached hydrogens (tertiary/aromatic N) is 1. The van der Waals surface area contributed by atoms with Crippen molar-refractivity contribution in [1.82, 2.24) is 4.98 Å². The number of benzene rings is 1.